The first-order chi connectivity index (χ1) is 12.3. The standard InChI is InChI=1S/C19H28N4O3/c1-11-6-7-16-15(10-11)23(19(25)26-16)9-8-17(24)22(5)14(4)18-12(2)20-21-13(18)3/h6-7,10,12-14,18,20-21H,8-9H2,1-5H3. The molecule has 0 saturated carbocycles. The van der Waals surface area contributed by atoms with E-state index in [1.54, 1.807) is 15.5 Å². The SMILES string of the molecule is Cc1ccc2oc(=O)n(CCC(=O)N(C)C(C)C3C(C)NNC3C)c2c1. The van der Waals surface area contributed by atoms with Gasteiger partial charge in [0, 0.05) is 44.1 Å². The molecule has 1 aromatic heterocycles. The number of carbonyl (C=O) groups is 1. The molecule has 1 aliphatic rings. The predicted octanol–water partition coefficient (Wildman–Crippen LogP) is 1.64. The van der Waals surface area contributed by atoms with E-state index in [0.29, 0.717) is 30.1 Å². The summed E-state index contributed by atoms with van der Waals surface area (Å²) in [6.45, 7) is 8.60. The van der Waals surface area contributed by atoms with Crippen LogP contribution in [0, 0.1) is 12.8 Å². The van der Waals surface area contributed by atoms with Crippen molar-refractivity contribution in [2.75, 3.05) is 7.05 Å². The van der Waals surface area contributed by atoms with E-state index in [0.717, 1.165) is 11.1 Å². The molecule has 1 aliphatic heterocycles. The highest BCUT2D eigenvalue weighted by atomic mass is 16.4. The van der Waals surface area contributed by atoms with Crippen molar-refractivity contribution in [1.29, 1.82) is 0 Å². The van der Waals surface area contributed by atoms with Gasteiger partial charge in [0.2, 0.25) is 5.91 Å². The van der Waals surface area contributed by atoms with Crippen molar-refractivity contribution in [3.8, 4) is 0 Å². The van der Waals surface area contributed by atoms with Gasteiger partial charge in [0.05, 0.1) is 5.52 Å². The zero-order valence-electron chi connectivity index (χ0n) is 16.1. The topological polar surface area (TPSA) is 79.5 Å². The zero-order valence-corrected chi connectivity index (χ0v) is 16.1. The first kappa shape index (κ1) is 18.7. The molecular weight excluding hydrogens is 332 g/mol. The van der Waals surface area contributed by atoms with Crippen LogP contribution in [0.2, 0.25) is 0 Å². The Morgan fingerprint density at radius 1 is 1.31 bits per heavy atom. The van der Waals surface area contributed by atoms with E-state index in [-0.39, 0.29) is 18.4 Å². The molecule has 3 unspecified atom stereocenters. The molecule has 2 heterocycles. The second-order valence-electron chi connectivity index (χ2n) is 7.43. The van der Waals surface area contributed by atoms with E-state index in [4.69, 9.17) is 4.42 Å². The van der Waals surface area contributed by atoms with E-state index < -0.39 is 5.76 Å². The molecule has 1 amide bonds. The van der Waals surface area contributed by atoms with Gasteiger partial charge in [-0.2, -0.15) is 0 Å². The number of hydrogen-bond donors (Lipinski definition) is 2. The highest BCUT2D eigenvalue weighted by Crippen LogP contribution is 2.22. The smallest absolute Gasteiger partial charge is 0.408 e. The number of carbonyl (C=O) groups excluding carboxylic acids is 1. The van der Waals surface area contributed by atoms with Gasteiger partial charge in [0.15, 0.2) is 5.58 Å². The predicted molar refractivity (Wildman–Crippen MR) is 101 cm³/mol. The number of amides is 1. The number of oxazole rings is 1. The third-order valence-corrected chi connectivity index (χ3v) is 5.63. The Kier molecular flexibility index (Phi) is 5.20. The Bertz CT molecular complexity index is 846. The largest absolute Gasteiger partial charge is 0.419 e. The first-order valence-electron chi connectivity index (χ1n) is 9.16. The number of nitrogens with zero attached hydrogens (tertiary/aromatic N) is 2. The number of hydrazine groups is 1. The lowest BCUT2D eigenvalue weighted by atomic mass is 9.89. The summed E-state index contributed by atoms with van der Waals surface area (Å²) in [5.41, 5.74) is 8.82. The lowest BCUT2D eigenvalue weighted by Gasteiger charge is -2.33. The molecule has 142 valence electrons. The van der Waals surface area contributed by atoms with E-state index >= 15 is 0 Å². The van der Waals surface area contributed by atoms with Crippen LogP contribution >= 0.6 is 0 Å². The van der Waals surface area contributed by atoms with Crippen LogP contribution < -0.4 is 16.6 Å². The summed E-state index contributed by atoms with van der Waals surface area (Å²) in [5.74, 6) is -0.0673. The number of fused-ring (bicyclic) bond motifs is 1. The van der Waals surface area contributed by atoms with Crippen LogP contribution in [-0.4, -0.2) is 40.5 Å². The van der Waals surface area contributed by atoms with Crippen LogP contribution in [-0.2, 0) is 11.3 Å². The van der Waals surface area contributed by atoms with Crippen molar-refractivity contribution in [3.63, 3.8) is 0 Å². The normalized spacial score (nSPS) is 24.1. The quantitative estimate of drug-likeness (QED) is 0.847. The maximum Gasteiger partial charge on any atom is 0.419 e. The lowest BCUT2D eigenvalue weighted by molar-refractivity contribution is -0.133. The Morgan fingerprint density at radius 3 is 2.62 bits per heavy atom. The van der Waals surface area contributed by atoms with Crippen molar-refractivity contribution in [1.82, 2.24) is 20.3 Å². The lowest BCUT2D eigenvalue weighted by Crippen LogP contribution is -2.46. The van der Waals surface area contributed by atoms with E-state index in [9.17, 15) is 9.59 Å². The number of aromatic nitrogens is 1. The molecule has 0 bridgehead atoms. The van der Waals surface area contributed by atoms with Crippen LogP contribution in [0.4, 0.5) is 0 Å². The summed E-state index contributed by atoms with van der Waals surface area (Å²) >= 11 is 0. The molecule has 1 aromatic carbocycles. The summed E-state index contributed by atoms with van der Waals surface area (Å²) in [6.07, 6.45) is 0.264. The molecule has 7 heteroatoms. The summed E-state index contributed by atoms with van der Waals surface area (Å²) < 4.78 is 6.81. The van der Waals surface area contributed by atoms with Gasteiger partial charge in [-0.25, -0.2) is 4.79 Å². The first-order valence-corrected chi connectivity index (χ1v) is 9.16. The van der Waals surface area contributed by atoms with Gasteiger partial charge in [-0.1, -0.05) is 6.07 Å². The Morgan fingerprint density at radius 2 is 1.96 bits per heavy atom. The zero-order chi connectivity index (χ0) is 19.0. The van der Waals surface area contributed by atoms with Gasteiger partial charge < -0.3 is 9.32 Å². The maximum absolute atomic E-state index is 12.7. The molecule has 1 fully saturated rings. The second-order valence-corrected chi connectivity index (χ2v) is 7.43. The van der Waals surface area contributed by atoms with Crippen molar-refractivity contribution in [2.24, 2.45) is 5.92 Å². The van der Waals surface area contributed by atoms with Gasteiger partial charge >= 0.3 is 5.76 Å². The van der Waals surface area contributed by atoms with Crippen molar-refractivity contribution in [3.05, 3.63) is 34.3 Å². The van der Waals surface area contributed by atoms with Crippen LogP contribution in [0.15, 0.2) is 27.4 Å². The molecule has 0 radical (unpaired) electrons. The molecule has 7 nitrogen and oxygen atoms in total. The van der Waals surface area contributed by atoms with E-state index in [1.165, 1.54) is 0 Å². The minimum absolute atomic E-state index is 0.0257. The molecule has 3 rings (SSSR count). The fourth-order valence-corrected chi connectivity index (χ4v) is 3.98. The maximum atomic E-state index is 12.7. The van der Waals surface area contributed by atoms with Crippen LogP contribution in [0.5, 0.6) is 0 Å². The number of hydrogen-bond acceptors (Lipinski definition) is 5. The molecular formula is C19H28N4O3. The van der Waals surface area contributed by atoms with Crippen molar-refractivity contribution in [2.45, 2.75) is 58.8 Å². The van der Waals surface area contributed by atoms with Gasteiger partial charge in [-0.3, -0.25) is 20.2 Å². The Hall–Kier alpha value is -2.12. The summed E-state index contributed by atoms with van der Waals surface area (Å²) in [7, 11) is 1.84. The molecule has 0 spiro atoms. The monoisotopic (exact) mass is 360 g/mol. The van der Waals surface area contributed by atoms with Crippen LogP contribution in [0.25, 0.3) is 11.1 Å². The van der Waals surface area contributed by atoms with Gasteiger partial charge in [0.1, 0.15) is 0 Å². The molecule has 2 N–H and O–H groups in total. The fourth-order valence-electron chi connectivity index (χ4n) is 3.98. The number of nitrogens with one attached hydrogen (secondary N) is 2. The Balaban J connectivity index is 1.70. The van der Waals surface area contributed by atoms with Crippen LogP contribution in [0.3, 0.4) is 0 Å². The highest BCUT2D eigenvalue weighted by molar-refractivity contribution is 5.77. The van der Waals surface area contributed by atoms with Gasteiger partial charge in [0.25, 0.3) is 0 Å². The minimum atomic E-state index is -0.416. The average molecular weight is 360 g/mol. The van der Waals surface area contributed by atoms with E-state index in [2.05, 4.69) is 31.6 Å². The highest BCUT2D eigenvalue weighted by Gasteiger charge is 2.36. The van der Waals surface area contributed by atoms with Crippen LogP contribution in [0.1, 0.15) is 32.8 Å². The molecule has 3 atom stereocenters. The average Bonchev–Trinajstić information content (AvgIpc) is 3.09. The molecule has 2 aromatic rings. The fraction of sp³-hybridized carbons (Fsp3) is 0.579. The third-order valence-electron chi connectivity index (χ3n) is 5.63. The molecule has 0 aliphatic carbocycles. The molecule has 1 saturated heterocycles. The van der Waals surface area contributed by atoms with Gasteiger partial charge in [-0.05, 0) is 45.4 Å². The second kappa shape index (κ2) is 7.25. The molecule has 26 heavy (non-hydrogen) atoms. The number of benzene rings is 1. The summed E-state index contributed by atoms with van der Waals surface area (Å²) in [6, 6.07) is 6.28. The third kappa shape index (κ3) is 3.41. The van der Waals surface area contributed by atoms with Gasteiger partial charge in [-0.15, -0.1) is 0 Å². The van der Waals surface area contributed by atoms with Crippen molar-refractivity contribution < 1.29 is 9.21 Å². The number of rotatable bonds is 5. The van der Waals surface area contributed by atoms with Crippen molar-refractivity contribution >= 4 is 17.0 Å². The van der Waals surface area contributed by atoms with E-state index in [1.807, 2.05) is 26.1 Å². The Labute approximate surface area is 153 Å². The summed E-state index contributed by atoms with van der Waals surface area (Å²) in [4.78, 5) is 26.6. The number of aryl methyl sites for hydroxylation is 2. The summed E-state index contributed by atoms with van der Waals surface area (Å²) in [5, 5.41) is 0. The minimum Gasteiger partial charge on any atom is -0.408 e.